The summed E-state index contributed by atoms with van der Waals surface area (Å²) in [5, 5.41) is 26.5. The lowest BCUT2D eigenvalue weighted by atomic mass is 10.2. The molecule has 3 aromatic rings. The first kappa shape index (κ1) is 18.9. The Morgan fingerprint density at radius 2 is 1.96 bits per heavy atom. The number of nitrogens with one attached hydrogen (secondary N) is 2. The molecular weight excluding hydrogens is 344 g/mol. The molecule has 0 radical (unpaired) electrons. The Morgan fingerprint density at radius 3 is 2.63 bits per heavy atom. The number of aliphatic hydroxyl groups is 1. The molecule has 2 aromatic heterocycles. The standard InChI is InChI=1S/C19H26N6O2/c1-5-19(4,27)24-18-22-16(20-10-13-8-6-7-9-14(13)26)15-17(23-18)25(11-21-15)12(2)3/h6-9,11-12,26-27H,5,10H2,1-4H3,(H2,20,22,23,24)/t19-/m1/s1. The van der Waals surface area contributed by atoms with Crippen LogP contribution in [0.3, 0.4) is 0 Å². The van der Waals surface area contributed by atoms with Gasteiger partial charge in [-0.1, -0.05) is 25.1 Å². The van der Waals surface area contributed by atoms with E-state index in [1.54, 1.807) is 25.4 Å². The van der Waals surface area contributed by atoms with E-state index in [0.717, 1.165) is 5.56 Å². The Kier molecular flexibility index (Phi) is 5.18. The van der Waals surface area contributed by atoms with Gasteiger partial charge in [0.15, 0.2) is 17.0 Å². The van der Waals surface area contributed by atoms with E-state index in [4.69, 9.17) is 0 Å². The number of fused-ring (bicyclic) bond motifs is 1. The molecule has 1 atom stereocenters. The fraction of sp³-hybridized carbons (Fsp3) is 0.421. The van der Waals surface area contributed by atoms with Gasteiger partial charge in [0.1, 0.15) is 11.5 Å². The van der Waals surface area contributed by atoms with Gasteiger partial charge in [-0.15, -0.1) is 0 Å². The molecule has 8 nitrogen and oxygen atoms in total. The van der Waals surface area contributed by atoms with Crippen molar-refractivity contribution < 1.29 is 10.2 Å². The number of imidazole rings is 1. The van der Waals surface area contributed by atoms with Gasteiger partial charge in [0.2, 0.25) is 5.95 Å². The number of phenolic OH excluding ortho intramolecular Hbond substituents is 1. The molecule has 0 bridgehead atoms. The van der Waals surface area contributed by atoms with Crippen molar-refractivity contribution in [2.45, 2.75) is 52.4 Å². The van der Waals surface area contributed by atoms with Crippen LogP contribution in [0.1, 0.15) is 45.7 Å². The van der Waals surface area contributed by atoms with Gasteiger partial charge in [-0.05, 0) is 33.3 Å². The molecule has 0 spiro atoms. The van der Waals surface area contributed by atoms with Crippen LogP contribution in [-0.4, -0.2) is 35.5 Å². The van der Waals surface area contributed by atoms with Gasteiger partial charge >= 0.3 is 0 Å². The summed E-state index contributed by atoms with van der Waals surface area (Å²) in [6.07, 6.45) is 2.23. The maximum absolute atomic E-state index is 10.3. The highest BCUT2D eigenvalue weighted by atomic mass is 16.3. The Balaban J connectivity index is 2.00. The number of hydrogen-bond donors (Lipinski definition) is 4. The summed E-state index contributed by atoms with van der Waals surface area (Å²) >= 11 is 0. The maximum Gasteiger partial charge on any atom is 0.229 e. The summed E-state index contributed by atoms with van der Waals surface area (Å²) in [5.41, 5.74) is 0.948. The minimum atomic E-state index is -1.12. The first-order valence-corrected chi connectivity index (χ1v) is 9.06. The molecule has 1 aromatic carbocycles. The number of hydrogen-bond acceptors (Lipinski definition) is 7. The molecule has 0 amide bonds. The minimum Gasteiger partial charge on any atom is -0.508 e. The molecule has 0 aliphatic heterocycles. The number of rotatable bonds is 7. The molecule has 27 heavy (non-hydrogen) atoms. The predicted molar refractivity (Wildman–Crippen MR) is 106 cm³/mol. The second kappa shape index (κ2) is 7.40. The summed E-state index contributed by atoms with van der Waals surface area (Å²) in [4.78, 5) is 13.5. The van der Waals surface area contributed by atoms with Gasteiger partial charge in [-0.25, -0.2) is 4.98 Å². The quantitative estimate of drug-likeness (QED) is 0.473. The molecule has 144 valence electrons. The summed E-state index contributed by atoms with van der Waals surface area (Å²) in [5.74, 6) is 1.07. The predicted octanol–water partition coefficient (Wildman–Crippen LogP) is 3.26. The summed E-state index contributed by atoms with van der Waals surface area (Å²) < 4.78 is 1.95. The number of aromatic nitrogens is 4. The van der Waals surface area contributed by atoms with Crippen LogP contribution in [0.25, 0.3) is 11.2 Å². The van der Waals surface area contributed by atoms with Crippen molar-refractivity contribution >= 4 is 22.9 Å². The summed E-state index contributed by atoms with van der Waals surface area (Å²) in [6.45, 7) is 8.04. The van der Waals surface area contributed by atoms with Crippen molar-refractivity contribution in [3.05, 3.63) is 36.2 Å². The number of benzene rings is 1. The first-order chi connectivity index (χ1) is 12.8. The fourth-order valence-corrected chi connectivity index (χ4v) is 2.64. The molecule has 0 fully saturated rings. The Bertz CT molecular complexity index is 935. The van der Waals surface area contributed by atoms with E-state index in [2.05, 4.69) is 25.6 Å². The van der Waals surface area contributed by atoms with Gasteiger partial charge < -0.3 is 25.4 Å². The lowest BCUT2D eigenvalue weighted by Crippen LogP contribution is -2.34. The molecule has 0 aliphatic carbocycles. The number of para-hydroxylation sites is 1. The number of nitrogens with zero attached hydrogens (tertiary/aromatic N) is 4. The zero-order chi connectivity index (χ0) is 19.6. The largest absolute Gasteiger partial charge is 0.508 e. The number of anilines is 2. The van der Waals surface area contributed by atoms with Crippen molar-refractivity contribution in [2.75, 3.05) is 10.6 Å². The van der Waals surface area contributed by atoms with Crippen LogP contribution in [0.2, 0.25) is 0 Å². The van der Waals surface area contributed by atoms with E-state index in [9.17, 15) is 10.2 Å². The average Bonchev–Trinajstić information content (AvgIpc) is 3.04. The van der Waals surface area contributed by atoms with E-state index in [1.165, 1.54) is 0 Å². The van der Waals surface area contributed by atoms with Crippen LogP contribution in [-0.2, 0) is 6.54 Å². The molecule has 0 saturated heterocycles. The summed E-state index contributed by atoms with van der Waals surface area (Å²) in [7, 11) is 0. The molecule has 3 rings (SSSR count). The highest BCUT2D eigenvalue weighted by molar-refractivity contribution is 5.84. The highest BCUT2D eigenvalue weighted by Gasteiger charge is 2.21. The van der Waals surface area contributed by atoms with Gasteiger partial charge in [0.25, 0.3) is 0 Å². The van der Waals surface area contributed by atoms with Crippen LogP contribution in [0.15, 0.2) is 30.6 Å². The SMILES string of the molecule is CC[C@@](C)(O)Nc1nc(NCc2ccccc2O)c2ncn(C(C)C)c2n1. The van der Waals surface area contributed by atoms with E-state index >= 15 is 0 Å². The van der Waals surface area contributed by atoms with Crippen molar-refractivity contribution in [3.8, 4) is 5.75 Å². The smallest absolute Gasteiger partial charge is 0.229 e. The van der Waals surface area contributed by atoms with E-state index in [0.29, 0.717) is 35.9 Å². The molecule has 2 heterocycles. The number of aromatic hydroxyl groups is 1. The van der Waals surface area contributed by atoms with Gasteiger partial charge in [0.05, 0.1) is 6.33 Å². The molecule has 8 heteroatoms. The van der Waals surface area contributed by atoms with Crippen molar-refractivity contribution in [2.24, 2.45) is 0 Å². The van der Waals surface area contributed by atoms with Crippen LogP contribution in [0, 0.1) is 0 Å². The summed E-state index contributed by atoms with van der Waals surface area (Å²) in [6, 6.07) is 7.31. The molecule has 0 aliphatic rings. The molecular formula is C19H26N6O2. The van der Waals surface area contributed by atoms with Crippen LogP contribution < -0.4 is 10.6 Å². The van der Waals surface area contributed by atoms with E-state index < -0.39 is 5.72 Å². The zero-order valence-corrected chi connectivity index (χ0v) is 16.1. The lowest BCUT2D eigenvalue weighted by Gasteiger charge is -2.23. The third-order valence-electron chi connectivity index (χ3n) is 4.49. The Labute approximate surface area is 158 Å². The third kappa shape index (κ3) is 4.11. The van der Waals surface area contributed by atoms with Crippen LogP contribution in [0.5, 0.6) is 5.75 Å². The van der Waals surface area contributed by atoms with Crippen LogP contribution >= 0.6 is 0 Å². The Hall–Kier alpha value is -2.87. The number of phenols is 1. The zero-order valence-electron chi connectivity index (χ0n) is 16.1. The van der Waals surface area contributed by atoms with Crippen molar-refractivity contribution in [1.82, 2.24) is 19.5 Å². The van der Waals surface area contributed by atoms with Gasteiger partial charge in [-0.2, -0.15) is 9.97 Å². The van der Waals surface area contributed by atoms with Gasteiger partial charge in [0, 0.05) is 18.2 Å². The van der Waals surface area contributed by atoms with E-state index in [-0.39, 0.29) is 11.8 Å². The van der Waals surface area contributed by atoms with E-state index in [1.807, 2.05) is 37.5 Å². The molecule has 0 saturated carbocycles. The second-order valence-corrected chi connectivity index (χ2v) is 7.05. The van der Waals surface area contributed by atoms with Crippen molar-refractivity contribution in [3.63, 3.8) is 0 Å². The highest BCUT2D eigenvalue weighted by Crippen LogP contribution is 2.26. The maximum atomic E-state index is 10.3. The lowest BCUT2D eigenvalue weighted by molar-refractivity contribution is 0.0853. The van der Waals surface area contributed by atoms with Crippen LogP contribution in [0.4, 0.5) is 11.8 Å². The molecule has 0 unspecified atom stereocenters. The first-order valence-electron chi connectivity index (χ1n) is 9.06. The Morgan fingerprint density at radius 1 is 1.22 bits per heavy atom. The molecule has 4 N–H and O–H groups in total. The topological polar surface area (TPSA) is 108 Å². The minimum absolute atomic E-state index is 0.176. The average molecular weight is 370 g/mol. The normalized spacial score (nSPS) is 13.7. The fourth-order valence-electron chi connectivity index (χ4n) is 2.64. The second-order valence-electron chi connectivity index (χ2n) is 7.05. The third-order valence-corrected chi connectivity index (χ3v) is 4.49. The monoisotopic (exact) mass is 370 g/mol. The van der Waals surface area contributed by atoms with Crippen molar-refractivity contribution in [1.29, 1.82) is 0 Å². The van der Waals surface area contributed by atoms with Gasteiger partial charge in [-0.3, -0.25) is 0 Å².